The summed E-state index contributed by atoms with van der Waals surface area (Å²) in [5.41, 5.74) is 3.00. The molecule has 0 saturated carbocycles. The number of amides is 2. The van der Waals surface area contributed by atoms with Gasteiger partial charge >= 0.3 is 0 Å². The van der Waals surface area contributed by atoms with Crippen LogP contribution in [0.2, 0.25) is 0 Å². The summed E-state index contributed by atoms with van der Waals surface area (Å²) in [6.45, 7) is 0. The Morgan fingerprint density at radius 1 is 0.788 bits per heavy atom. The normalized spacial score (nSPS) is 12.2. The molecule has 3 N–H and O–H groups in total. The monoisotopic (exact) mass is 435 g/mol. The fraction of sp³-hybridized carbons (Fsp3) is 0.0741. The third-order valence-electron chi connectivity index (χ3n) is 5.68. The van der Waals surface area contributed by atoms with Crippen molar-refractivity contribution in [2.75, 3.05) is 10.6 Å². The van der Waals surface area contributed by atoms with E-state index in [2.05, 4.69) is 21.7 Å². The highest BCUT2D eigenvalue weighted by Gasteiger charge is 2.16. The minimum absolute atomic E-state index is 0.00979. The van der Waals surface area contributed by atoms with Crippen LogP contribution in [0.4, 0.5) is 11.4 Å². The van der Waals surface area contributed by atoms with E-state index >= 15 is 0 Å². The minimum atomic E-state index is -0.502. The summed E-state index contributed by atoms with van der Waals surface area (Å²) in [6.07, 6.45) is 5.94. The lowest BCUT2D eigenvalue weighted by Gasteiger charge is -2.15. The van der Waals surface area contributed by atoms with Crippen molar-refractivity contribution < 1.29 is 9.59 Å². The van der Waals surface area contributed by atoms with Crippen LogP contribution in [0.3, 0.4) is 0 Å². The Balaban J connectivity index is 1.41. The maximum atomic E-state index is 12.9. The van der Waals surface area contributed by atoms with E-state index in [1.54, 1.807) is 6.07 Å². The molecule has 0 radical (unpaired) electrons. The summed E-state index contributed by atoms with van der Waals surface area (Å²) in [6, 6.07) is 21.4. The first-order chi connectivity index (χ1) is 16.1. The molecule has 6 nitrogen and oxygen atoms in total. The van der Waals surface area contributed by atoms with Crippen LogP contribution in [0.15, 0.2) is 83.7 Å². The van der Waals surface area contributed by atoms with Crippen LogP contribution >= 0.6 is 0 Å². The molecule has 0 fully saturated rings. The summed E-state index contributed by atoms with van der Waals surface area (Å²) in [5.74, 6) is -0.989. The van der Waals surface area contributed by atoms with Gasteiger partial charge in [0.05, 0.1) is 0 Å². The standard InChI is InChI=1S/C27H21N3O3/c31-19-15-24(26(32)29-22-13-5-9-17-7-1-3-11-20(17)22)28-25(16-19)27(33)30-23-14-6-10-18-8-2-4-12-21(18)23/h1,3-7,9-16H,2,8H2,(H,28,31)(H,29,32)(H,30,33). The number of pyridine rings is 1. The van der Waals surface area contributed by atoms with Crippen LogP contribution in [0, 0.1) is 0 Å². The highest BCUT2D eigenvalue weighted by molar-refractivity contribution is 6.09. The van der Waals surface area contributed by atoms with Gasteiger partial charge in [0.15, 0.2) is 5.43 Å². The quantitative estimate of drug-likeness (QED) is 0.422. The summed E-state index contributed by atoms with van der Waals surface area (Å²) >= 11 is 0. The lowest BCUT2D eigenvalue weighted by atomic mass is 9.96. The van der Waals surface area contributed by atoms with E-state index in [0.717, 1.165) is 34.7 Å². The molecule has 0 atom stereocenters. The van der Waals surface area contributed by atoms with Crippen molar-refractivity contribution in [3.63, 3.8) is 0 Å². The second-order valence-electron chi connectivity index (χ2n) is 7.90. The predicted molar refractivity (Wildman–Crippen MR) is 131 cm³/mol. The van der Waals surface area contributed by atoms with Crippen molar-refractivity contribution >= 4 is 40.0 Å². The second-order valence-corrected chi connectivity index (χ2v) is 7.90. The van der Waals surface area contributed by atoms with E-state index < -0.39 is 17.2 Å². The third kappa shape index (κ3) is 4.19. The molecule has 33 heavy (non-hydrogen) atoms. The Morgan fingerprint density at radius 3 is 2.27 bits per heavy atom. The molecule has 0 unspecified atom stereocenters. The Hall–Kier alpha value is -4.45. The molecule has 0 bridgehead atoms. The molecule has 1 aromatic heterocycles. The van der Waals surface area contributed by atoms with E-state index in [1.165, 1.54) is 12.1 Å². The summed E-state index contributed by atoms with van der Waals surface area (Å²) in [5, 5.41) is 7.56. The lowest BCUT2D eigenvalue weighted by Crippen LogP contribution is -2.22. The van der Waals surface area contributed by atoms with Crippen molar-refractivity contribution in [2.24, 2.45) is 0 Å². The first-order valence-corrected chi connectivity index (χ1v) is 10.7. The van der Waals surface area contributed by atoms with Crippen LogP contribution in [0.1, 0.15) is 38.5 Å². The van der Waals surface area contributed by atoms with Crippen LogP contribution < -0.4 is 16.1 Å². The van der Waals surface area contributed by atoms with Gasteiger partial charge in [-0.15, -0.1) is 0 Å². The van der Waals surface area contributed by atoms with Gasteiger partial charge in [0.2, 0.25) is 0 Å². The molecule has 2 amide bonds. The zero-order valence-electron chi connectivity index (χ0n) is 17.7. The molecular weight excluding hydrogens is 414 g/mol. The molecule has 0 saturated heterocycles. The molecule has 4 aromatic rings. The Labute approximate surface area is 190 Å². The highest BCUT2D eigenvalue weighted by atomic mass is 16.2. The van der Waals surface area contributed by atoms with Crippen LogP contribution in [-0.2, 0) is 6.42 Å². The van der Waals surface area contributed by atoms with Crippen molar-refractivity contribution in [3.8, 4) is 0 Å². The van der Waals surface area contributed by atoms with Gasteiger partial charge in [0.25, 0.3) is 11.8 Å². The van der Waals surface area contributed by atoms with E-state index in [-0.39, 0.29) is 11.4 Å². The fourth-order valence-electron chi connectivity index (χ4n) is 4.08. The number of H-pyrrole nitrogens is 1. The Morgan fingerprint density at radius 2 is 1.45 bits per heavy atom. The van der Waals surface area contributed by atoms with Crippen molar-refractivity contribution in [1.29, 1.82) is 0 Å². The van der Waals surface area contributed by atoms with Gasteiger partial charge in [-0.25, -0.2) is 0 Å². The summed E-state index contributed by atoms with van der Waals surface area (Å²) in [4.78, 5) is 40.9. The number of aromatic nitrogens is 1. The van der Waals surface area contributed by atoms with E-state index in [9.17, 15) is 14.4 Å². The van der Waals surface area contributed by atoms with Gasteiger partial charge in [-0.3, -0.25) is 14.4 Å². The van der Waals surface area contributed by atoms with Gasteiger partial charge in [0.1, 0.15) is 11.4 Å². The van der Waals surface area contributed by atoms with E-state index in [0.29, 0.717) is 11.4 Å². The number of rotatable bonds is 4. The molecular formula is C27H21N3O3. The highest BCUT2D eigenvalue weighted by Crippen LogP contribution is 2.27. The number of carbonyl (C=O) groups is 2. The number of carbonyl (C=O) groups excluding carboxylic acids is 2. The minimum Gasteiger partial charge on any atom is -0.346 e. The zero-order valence-corrected chi connectivity index (χ0v) is 17.7. The molecule has 1 aliphatic carbocycles. The number of allylic oxidation sites excluding steroid dienone is 1. The first-order valence-electron chi connectivity index (χ1n) is 10.7. The van der Waals surface area contributed by atoms with Crippen LogP contribution in [0.25, 0.3) is 16.8 Å². The fourth-order valence-corrected chi connectivity index (χ4v) is 4.08. The van der Waals surface area contributed by atoms with E-state index in [1.807, 2.05) is 60.7 Å². The number of aromatic amines is 1. The number of nitrogens with one attached hydrogen (secondary N) is 3. The van der Waals surface area contributed by atoms with Crippen molar-refractivity contribution in [1.82, 2.24) is 4.98 Å². The summed E-state index contributed by atoms with van der Waals surface area (Å²) in [7, 11) is 0. The maximum Gasteiger partial charge on any atom is 0.272 e. The third-order valence-corrected chi connectivity index (χ3v) is 5.68. The summed E-state index contributed by atoms with van der Waals surface area (Å²) < 4.78 is 0. The largest absolute Gasteiger partial charge is 0.346 e. The molecule has 1 heterocycles. The lowest BCUT2D eigenvalue weighted by molar-refractivity contribution is 0.101. The molecule has 6 heteroatoms. The number of benzene rings is 3. The number of anilines is 2. The zero-order chi connectivity index (χ0) is 22.8. The number of fused-ring (bicyclic) bond motifs is 2. The number of hydrogen-bond donors (Lipinski definition) is 3. The van der Waals surface area contributed by atoms with Gasteiger partial charge in [-0.1, -0.05) is 60.7 Å². The predicted octanol–water partition coefficient (Wildman–Crippen LogP) is 4.99. The molecule has 1 aliphatic rings. The van der Waals surface area contributed by atoms with E-state index in [4.69, 9.17) is 0 Å². The van der Waals surface area contributed by atoms with Gasteiger partial charge in [-0.2, -0.15) is 0 Å². The number of aryl methyl sites for hydroxylation is 1. The molecule has 0 aliphatic heterocycles. The number of hydrogen-bond acceptors (Lipinski definition) is 3. The maximum absolute atomic E-state index is 12.9. The topological polar surface area (TPSA) is 91.1 Å². The SMILES string of the molecule is O=C(Nc1cccc2c1C=CCC2)c1cc(=O)cc(C(=O)Nc2cccc3ccccc23)[nH]1. The second kappa shape index (κ2) is 8.59. The van der Waals surface area contributed by atoms with Crippen LogP contribution in [0.5, 0.6) is 0 Å². The van der Waals surface area contributed by atoms with Gasteiger partial charge in [-0.05, 0) is 35.9 Å². The van der Waals surface area contributed by atoms with Crippen molar-refractivity contribution in [2.45, 2.75) is 12.8 Å². The molecule has 162 valence electrons. The van der Waals surface area contributed by atoms with Gasteiger partial charge in [0, 0.05) is 34.5 Å². The Kier molecular flexibility index (Phi) is 5.32. The first kappa shape index (κ1) is 20.5. The molecule has 0 spiro atoms. The molecule has 3 aromatic carbocycles. The van der Waals surface area contributed by atoms with Gasteiger partial charge < -0.3 is 15.6 Å². The Bertz CT molecular complexity index is 1480. The van der Waals surface area contributed by atoms with Crippen LogP contribution in [-0.4, -0.2) is 16.8 Å². The smallest absolute Gasteiger partial charge is 0.272 e. The van der Waals surface area contributed by atoms with Crippen molar-refractivity contribution in [3.05, 3.63) is 112 Å². The average molecular weight is 435 g/mol. The average Bonchev–Trinajstić information content (AvgIpc) is 2.84. The molecule has 5 rings (SSSR count).